The van der Waals surface area contributed by atoms with Gasteiger partial charge in [0.2, 0.25) is 5.92 Å². The van der Waals surface area contributed by atoms with Gasteiger partial charge in [-0.25, -0.2) is 18.2 Å². The number of alkyl halides is 3. The van der Waals surface area contributed by atoms with E-state index in [0.29, 0.717) is 11.3 Å². The van der Waals surface area contributed by atoms with Crippen LogP contribution in [0.1, 0.15) is 49.0 Å². The monoisotopic (exact) mass is 334 g/mol. The van der Waals surface area contributed by atoms with Crippen LogP contribution >= 0.6 is 0 Å². The van der Waals surface area contributed by atoms with Crippen LogP contribution in [-0.4, -0.2) is 21.6 Å². The van der Waals surface area contributed by atoms with Crippen LogP contribution < -0.4 is 5.22 Å². The molecule has 0 radical (unpaired) electrons. The van der Waals surface area contributed by atoms with Crippen molar-refractivity contribution in [3.63, 3.8) is 0 Å². The molecule has 0 N–H and O–H groups in total. The fourth-order valence-electron chi connectivity index (χ4n) is 4.06. The summed E-state index contributed by atoms with van der Waals surface area (Å²) in [6, 6.07) is 0. The summed E-state index contributed by atoms with van der Waals surface area (Å²) in [5.41, 5.74) is 1.79. The lowest BCUT2D eigenvalue weighted by Gasteiger charge is -2.32. The first-order valence-electron chi connectivity index (χ1n) is 8.15. The lowest BCUT2D eigenvalue weighted by molar-refractivity contribution is -0.112. The number of aromatic nitrogens is 2. The molecule has 2 heterocycles. The molecule has 0 bridgehead atoms. The van der Waals surface area contributed by atoms with Gasteiger partial charge in [0.15, 0.2) is 0 Å². The minimum atomic E-state index is -2.65. The molecule has 0 aliphatic heterocycles. The number of hydrogen-bond acceptors (Lipinski definition) is 2. The number of nitrogens with zero attached hydrogens (tertiary/aromatic N) is 2. The van der Waals surface area contributed by atoms with E-state index in [1.165, 1.54) is 6.08 Å². The Hall–Kier alpha value is -2.11. The summed E-state index contributed by atoms with van der Waals surface area (Å²) in [7, 11) is 0. The fourth-order valence-corrected chi connectivity index (χ4v) is 4.06. The molecule has 2 aromatic heterocycles. The van der Waals surface area contributed by atoms with Crippen LogP contribution in [0, 0.1) is 5.92 Å². The van der Waals surface area contributed by atoms with E-state index in [2.05, 4.69) is 4.98 Å². The normalized spacial score (nSPS) is 24.5. The summed E-state index contributed by atoms with van der Waals surface area (Å²) in [6.07, 6.45) is 7.69. The first kappa shape index (κ1) is 15.4. The molecular weight excluding hydrogens is 317 g/mol. The average Bonchev–Trinajstić information content (AvgIpc) is 3.12. The predicted molar refractivity (Wildman–Crippen MR) is 83.6 cm³/mol. The van der Waals surface area contributed by atoms with Gasteiger partial charge in [0.05, 0.1) is 24.0 Å². The molecule has 4 rings (SSSR count). The summed E-state index contributed by atoms with van der Waals surface area (Å²) in [5.74, 6) is -3.45. The van der Waals surface area contributed by atoms with Gasteiger partial charge >= 0.3 is 0 Å². The van der Waals surface area contributed by atoms with Crippen LogP contribution in [0.15, 0.2) is 24.7 Å². The minimum Gasteiger partial charge on any atom is -0.303 e. The maximum Gasteiger partial charge on any atom is 0.248 e. The van der Waals surface area contributed by atoms with Gasteiger partial charge in [-0.3, -0.25) is 0 Å². The highest BCUT2D eigenvalue weighted by Gasteiger charge is 2.40. The van der Waals surface area contributed by atoms with Crippen molar-refractivity contribution in [3.05, 3.63) is 41.2 Å². The van der Waals surface area contributed by atoms with Gasteiger partial charge in [0.25, 0.3) is 0 Å². The predicted octanol–water partition coefficient (Wildman–Crippen LogP) is 3.52. The van der Waals surface area contributed by atoms with Crippen molar-refractivity contribution in [2.45, 2.75) is 43.7 Å². The largest absolute Gasteiger partial charge is 0.303 e. The van der Waals surface area contributed by atoms with Crippen molar-refractivity contribution in [2.24, 2.45) is 5.92 Å². The van der Waals surface area contributed by atoms with E-state index in [-0.39, 0.29) is 31.6 Å². The number of hydrogen-bond donors (Lipinski definition) is 0. The summed E-state index contributed by atoms with van der Waals surface area (Å²) in [4.78, 5) is 16.0. The van der Waals surface area contributed by atoms with E-state index in [1.54, 1.807) is 23.0 Å². The van der Waals surface area contributed by atoms with E-state index in [9.17, 15) is 18.0 Å². The fraction of sp³-hybridized carbons (Fsp3) is 0.444. The van der Waals surface area contributed by atoms with E-state index in [4.69, 9.17) is 0 Å². The Bertz CT molecular complexity index is 861. The number of allylic oxidation sites excluding steroid dienone is 2. The molecule has 2 unspecified atom stereocenters. The smallest absolute Gasteiger partial charge is 0.248 e. The summed E-state index contributed by atoms with van der Waals surface area (Å²) in [5, 5.41) is 0.727. The summed E-state index contributed by atoms with van der Waals surface area (Å²) < 4.78 is 43.2. The van der Waals surface area contributed by atoms with Crippen molar-refractivity contribution in [1.29, 1.82) is 0 Å². The Kier molecular flexibility index (Phi) is 3.51. The third-order valence-corrected chi connectivity index (χ3v) is 5.29. The zero-order valence-electron chi connectivity index (χ0n) is 13.0. The molecule has 6 heteroatoms. The molecule has 3 nitrogen and oxygen atoms in total. The summed E-state index contributed by atoms with van der Waals surface area (Å²) >= 11 is 0. The Balaban J connectivity index is 1.82. The first-order chi connectivity index (χ1) is 11.5. The Morgan fingerprint density at radius 2 is 2.08 bits per heavy atom. The second-order valence-electron chi connectivity index (χ2n) is 6.67. The highest BCUT2D eigenvalue weighted by atomic mass is 19.3. The number of fused-ring (bicyclic) bond motifs is 3. The number of carbonyl (C=O) groups is 1. The molecule has 2 aliphatic carbocycles. The molecule has 0 aromatic carbocycles. The van der Waals surface area contributed by atoms with Crippen molar-refractivity contribution < 1.29 is 18.0 Å². The van der Waals surface area contributed by atoms with Crippen LogP contribution in [0.2, 0.25) is 0 Å². The van der Waals surface area contributed by atoms with Gasteiger partial charge < -0.3 is 9.20 Å². The SMILES string of the molecule is O=CC(c1c2c(c3cncn13)=CC=CC2F)C1CCC(F)(F)CC1. The third-order valence-electron chi connectivity index (χ3n) is 5.29. The molecule has 24 heavy (non-hydrogen) atoms. The second kappa shape index (κ2) is 5.46. The van der Waals surface area contributed by atoms with Crippen LogP contribution in [0.3, 0.4) is 0 Å². The zero-order chi connectivity index (χ0) is 16.9. The third kappa shape index (κ3) is 2.27. The number of carbonyl (C=O) groups excluding carboxylic acids is 1. The zero-order valence-corrected chi connectivity index (χ0v) is 13.0. The second-order valence-corrected chi connectivity index (χ2v) is 6.67. The van der Waals surface area contributed by atoms with Crippen molar-refractivity contribution in [1.82, 2.24) is 9.38 Å². The van der Waals surface area contributed by atoms with Crippen LogP contribution in [0.5, 0.6) is 0 Å². The Morgan fingerprint density at radius 3 is 2.79 bits per heavy atom. The molecule has 2 aliphatic rings. The van der Waals surface area contributed by atoms with Crippen molar-refractivity contribution in [3.8, 4) is 0 Å². The topological polar surface area (TPSA) is 34.4 Å². The number of halogens is 3. The van der Waals surface area contributed by atoms with E-state index in [0.717, 1.165) is 17.0 Å². The van der Waals surface area contributed by atoms with E-state index < -0.39 is 18.0 Å². The van der Waals surface area contributed by atoms with E-state index in [1.807, 2.05) is 6.08 Å². The lowest BCUT2D eigenvalue weighted by Crippen LogP contribution is -2.29. The van der Waals surface area contributed by atoms with Gasteiger partial charge in [-0.05, 0) is 24.8 Å². The van der Waals surface area contributed by atoms with Crippen LogP contribution in [0.4, 0.5) is 13.2 Å². The van der Waals surface area contributed by atoms with Crippen LogP contribution in [0.25, 0.3) is 11.6 Å². The standard InChI is InChI=1S/C18H17F3N2O/c19-14-3-1-2-12-15-8-22-10-23(15)17(16(12)14)13(9-24)11-4-6-18(20,21)7-5-11/h1-3,8-11,13-14H,4-7H2. The maximum absolute atomic E-state index is 14.6. The summed E-state index contributed by atoms with van der Waals surface area (Å²) in [6.45, 7) is 0. The molecule has 0 spiro atoms. The van der Waals surface area contributed by atoms with Crippen molar-refractivity contribution in [2.75, 3.05) is 0 Å². The highest BCUT2D eigenvalue weighted by molar-refractivity contribution is 5.70. The number of rotatable bonds is 3. The van der Waals surface area contributed by atoms with E-state index >= 15 is 0 Å². The molecule has 126 valence electrons. The van der Waals surface area contributed by atoms with Crippen LogP contribution in [-0.2, 0) is 4.79 Å². The quantitative estimate of drug-likeness (QED) is 0.805. The number of aldehydes is 1. The first-order valence-corrected chi connectivity index (χ1v) is 8.15. The maximum atomic E-state index is 14.6. The number of imidazole rings is 1. The molecular formula is C18H17F3N2O. The Labute approximate surface area is 136 Å². The Morgan fingerprint density at radius 1 is 1.33 bits per heavy atom. The molecule has 2 aromatic rings. The van der Waals surface area contributed by atoms with Gasteiger partial charge in [-0.2, -0.15) is 0 Å². The van der Waals surface area contributed by atoms with Gasteiger partial charge in [-0.1, -0.05) is 12.2 Å². The lowest BCUT2D eigenvalue weighted by atomic mass is 9.76. The highest BCUT2D eigenvalue weighted by Crippen LogP contribution is 2.43. The molecule has 1 fully saturated rings. The average molecular weight is 334 g/mol. The molecule has 2 atom stereocenters. The van der Waals surface area contributed by atoms with Gasteiger partial charge in [-0.15, -0.1) is 0 Å². The minimum absolute atomic E-state index is 0.197. The molecule has 0 amide bonds. The molecule has 1 saturated carbocycles. The molecule has 0 saturated heterocycles. The van der Waals surface area contributed by atoms with Gasteiger partial charge in [0, 0.05) is 29.3 Å². The van der Waals surface area contributed by atoms with Gasteiger partial charge in [0.1, 0.15) is 12.5 Å². The van der Waals surface area contributed by atoms with Crippen molar-refractivity contribution >= 4 is 17.9 Å².